The van der Waals surface area contributed by atoms with Gasteiger partial charge in [-0.25, -0.2) is 4.73 Å². The van der Waals surface area contributed by atoms with Crippen LogP contribution in [0.2, 0.25) is 0 Å². The lowest BCUT2D eigenvalue weighted by Gasteiger charge is -2.09. The first-order chi connectivity index (χ1) is 10.1. The van der Waals surface area contributed by atoms with Crippen LogP contribution < -0.4 is 15.0 Å². The molecule has 0 aliphatic heterocycles. The molecule has 0 bridgehead atoms. The number of aryl methyl sites for hydroxylation is 1. The lowest BCUT2D eigenvalue weighted by molar-refractivity contribution is -0.593. The predicted molar refractivity (Wildman–Crippen MR) is 76.3 cm³/mol. The van der Waals surface area contributed by atoms with E-state index < -0.39 is 5.56 Å². The molecule has 0 atom stereocenters. The van der Waals surface area contributed by atoms with Crippen LogP contribution in [-0.4, -0.2) is 9.55 Å². The third kappa shape index (κ3) is 1.97. The molecule has 0 amide bonds. The SMILES string of the molecule is CCCCn1cnc2c(c1=O)[n+]([O-])c1ccccc1[n+]2[O-]. The highest BCUT2D eigenvalue weighted by Gasteiger charge is 2.25. The molecule has 7 heteroatoms. The van der Waals surface area contributed by atoms with Crippen LogP contribution in [0, 0.1) is 10.4 Å². The van der Waals surface area contributed by atoms with Crippen molar-refractivity contribution in [3.8, 4) is 0 Å². The number of benzene rings is 1. The Bertz CT molecular complexity index is 889. The van der Waals surface area contributed by atoms with E-state index in [9.17, 15) is 15.2 Å². The van der Waals surface area contributed by atoms with Crippen LogP contribution in [0.5, 0.6) is 0 Å². The van der Waals surface area contributed by atoms with E-state index in [-0.39, 0.29) is 22.2 Å². The first kappa shape index (κ1) is 13.3. The largest absolute Gasteiger partial charge is 0.710 e. The summed E-state index contributed by atoms with van der Waals surface area (Å²) < 4.78 is 2.40. The van der Waals surface area contributed by atoms with Crippen molar-refractivity contribution in [1.29, 1.82) is 0 Å². The van der Waals surface area contributed by atoms with Gasteiger partial charge in [0, 0.05) is 12.6 Å². The highest BCUT2D eigenvalue weighted by atomic mass is 16.5. The van der Waals surface area contributed by atoms with Gasteiger partial charge in [0.2, 0.25) is 11.8 Å². The molecule has 0 saturated heterocycles. The predicted octanol–water partition coefficient (Wildman–Crippen LogP) is 0.617. The van der Waals surface area contributed by atoms with Gasteiger partial charge in [-0.15, -0.1) is 4.73 Å². The Kier molecular flexibility index (Phi) is 3.17. The van der Waals surface area contributed by atoms with Crippen LogP contribution in [0.4, 0.5) is 0 Å². The smallest absolute Gasteiger partial charge is 0.408 e. The molecule has 0 saturated carbocycles. The van der Waals surface area contributed by atoms with Gasteiger partial charge in [0.1, 0.15) is 0 Å². The Hall–Kier alpha value is -2.70. The Labute approximate surface area is 119 Å². The molecule has 2 aromatic heterocycles. The molecule has 0 fully saturated rings. The number of para-hydroxylation sites is 2. The number of hydrogen-bond donors (Lipinski definition) is 0. The molecule has 0 radical (unpaired) electrons. The summed E-state index contributed by atoms with van der Waals surface area (Å²) in [6.45, 7) is 2.48. The van der Waals surface area contributed by atoms with Crippen LogP contribution in [0.1, 0.15) is 19.8 Å². The number of unbranched alkanes of at least 4 members (excludes halogenated alkanes) is 1. The lowest BCUT2D eigenvalue weighted by Crippen LogP contribution is -2.44. The number of fused-ring (bicyclic) bond motifs is 2. The minimum atomic E-state index is -0.487. The molecule has 0 N–H and O–H groups in total. The van der Waals surface area contributed by atoms with E-state index in [0.717, 1.165) is 12.8 Å². The topological polar surface area (TPSA) is 88.8 Å². The summed E-state index contributed by atoms with van der Waals surface area (Å²) in [5, 5.41) is 24.7. The summed E-state index contributed by atoms with van der Waals surface area (Å²) >= 11 is 0. The standard InChI is InChI=1S/C14H14N4O3/c1-2-3-8-16-9-15-13-12(14(16)19)17(20)10-6-4-5-7-11(10)18(13)21/h4-7,9H,2-3,8H2,1H3. The second-order valence-corrected chi connectivity index (χ2v) is 4.85. The summed E-state index contributed by atoms with van der Waals surface area (Å²) in [7, 11) is 0. The summed E-state index contributed by atoms with van der Waals surface area (Å²) in [4.78, 5) is 16.4. The molecule has 0 aliphatic carbocycles. The van der Waals surface area contributed by atoms with Crippen LogP contribution in [0.25, 0.3) is 22.2 Å². The zero-order valence-corrected chi connectivity index (χ0v) is 11.5. The van der Waals surface area contributed by atoms with E-state index in [1.807, 2.05) is 6.92 Å². The first-order valence-corrected chi connectivity index (χ1v) is 6.78. The van der Waals surface area contributed by atoms with Gasteiger partial charge in [0.25, 0.3) is 5.52 Å². The van der Waals surface area contributed by atoms with E-state index in [1.165, 1.54) is 23.0 Å². The Morgan fingerprint density at radius 2 is 1.86 bits per heavy atom. The van der Waals surface area contributed by atoms with E-state index in [1.54, 1.807) is 12.1 Å². The molecule has 108 valence electrons. The number of rotatable bonds is 3. The second-order valence-electron chi connectivity index (χ2n) is 4.85. The average Bonchev–Trinajstić information content (AvgIpc) is 2.51. The number of nitrogens with zero attached hydrogens (tertiary/aromatic N) is 4. The van der Waals surface area contributed by atoms with Gasteiger partial charge in [-0.2, -0.15) is 0 Å². The van der Waals surface area contributed by atoms with Crippen molar-refractivity contribution >= 4 is 22.2 Å². The molecule has 1 aromatic carbocycles. The van der Waals surface area contributed by atoms with Gasteiger partial charge in [-0.1, -0.05) is 25.5 Å². The number of hydrogen-bond acceptors (Lipinski definition) is 4. The maximum absolute atomic E-state index is 12.4. The second kappa shape index (κ2) is 5.01. The molecule has 7 nitrogen and oxygen atoms in total. The minimum absolute atomic E-state index is 0.151. The molecule has 0 aliphatic rings. The Balaban J connectivity index is 2.41. The van der Waals surface area contributed by atoms with Crippen LogP contribution in [-0.2, 0) is 6.54 Å². The first-order valence-electron chi connectivity index (χ1n) is 6.78. The fraction of sp³-hybridized carbons (Fsp3) is 0.286. The highest BCUT2D eigenvalue weighted by molar-refractivity contribution is 5.73. The fourth-order valence-corrected chi connectivity index (χ4v) is 2.33. The lowest BCUT2D eigenvalue weighted by atomic mass is 10.3. The summed E-state index contributed by atoms with van der Waals surface area (Å²) in [5.41, 5.74) is -0.507. The van der Waals surface area contributed by atoms with Crippen LogP contribution in [0.15, 0.2) is 35.4 Å². The van der Waals surface area contributed by atoms with E-state index in [2.05, 4.69) is 4.98 Å². The maximum Gasteiger partial charge on any atom is 0.408 e. The van der Waals surface area contributed by atoms with Crippen molar-refractivity contribution in [3.63, 3.8) is 0 Å². The molecular formula is C14H14N4O3. The van der Waals surface area contributed by atoms with Crippen molar-refractivity contribution in [2.24, 2.45) is 0 Å². The van der Waals surface area contributed by atoms with Crippen LogP contribution >= 0.6 is 0 Å². The van der Waals surface area contributed by atoms with Crippen LogP contribution in [0.3, 0.4) is 0 Å². The quantitative estimate of drug-likeness (QED) is 0.401. The Morgan fingerprint density at radius 3 is 2.52 bits per heavy atom. The van der Waals surface area contributed by atoms with E-state index >= 15 is 0 Å². The van der Waals surface area contributed by atoms with Gasteiger partial charge in [-0.05, 0) is 17.5 Å². The summed E-state index contributed by atoms with van der Waals surface area (Å²) in [6, 6.07) is 6.35. The van der Waals surface area contributed by atoms with Gasteiger partial charge >= 0.3 is 16.7 Å². The zero-order chi connectivity index (χ0) is 15.0. The molecule has 21 heavy (non-hydrogen) atoms. The van der Waals surface area contributed by atoms with Crippen molar-refractivity contribution in [3.05, 3.63) is 51.4 Å². The molecule has 0 spiro atoms. The maximum atomic E-state index is 12.4. The summed E-state index contributed by atoms with van der Waals surface area (Å²) in [6.07, 6.45) is 3.04. The fourth-order valence-electron chi connectivity index (χ4n) is 2.33. The molecular weight excluding hydrogens is 272 g/mol. The van der Waals surface area contributed by atoms with Gasteiger partial charge < -0.3 is 10.4 Å². The average molecular weight is 286 g/mol. The highest BCUT2D eigenvalue weighted by Crippen LogP contribution is 2.08. The van der Waals surface area contributed by atoms with Gasteiger partial charge in [-0.3, -0.25) is 9.36 Å². The third-order valence-electron chi connectivity index (χ3n) is 3.46. The van der Waals surface area contributed by atoms with Gasteiger partial charge in [0.15, 0.2) is 0 Å². The Morgan fingerprint density at radius 1 is 1.19 bits per heavy atom. The summed E-state index contributed by atoms with van der Waals surface area (Å²) in [5.74, 6) is 0. The van der Waals surface area contributed by atoms with E-state index in [4.69, 9.17) is 0 Å². The van der Waals surface area contributed by atoms with Crippen molar-refractivity contribution < 1.29 is 9.46 Å². The van der Waals surface area contributed by atoms with Crippen molar-refractivity contribution in [2.45, 2.75) is 26.3 Å². The van der Waals surface area contributed by atoms with E-state index in [0.29, 0.717) is 16.0 Å². The third-order valence-corrected chi connectivity index (χ3v) is 3.46. The molecule has 0 unspecified atom stereocenters. The minimum Gasteiger partial charge on any atom is -0.710 e. The molecule has 3 rings (SSSR count). The monoisotopic (exact) mass is 286 g/mol. The van der Waals surface area contributed by atoms with Gasteiger partial charge in [0.05, 0.1) is 0 Å². The van der Waals surface area contributed by atoms with Crippen molar-refractivity contribution in [2.75, 3.05) is 0 Å². The number of aromatic nitrogens is 4. The zero-order valence-electron chi connectivity index (χ0n) is 11.5. The van der Waals surface area contributed by atoms with Crippen molar-refractivity contribution in [1.82, 2.24) is 9.55 Å². The molecule has 3 aromatic rings. The molecule has 2 heterocycles. The normalized spacial score (nSPS) is 11.3.